The minimum Gasteiger partial charge on any atom is -0.281 e. The van der Waals surface area contributed by atoms with E-state index in [4.69, 9.17) is 0 Å². The molecule has 0 unspecified atom stereocenters. The third-order valence-electron chi connectivity index (χ3n) is 3.18. The fourth-order valence-electron chi connectivity index (χ4n) is 2.11. The van der Waals surface area contributed by atoms with Crippen LogP contribution < -0.4 is 0 Å². The van der Waals surface area contributed by atoms with Crippen LogP contribution in [0.2, 0.25) is 0 Å². The van der Waals surface area contributed by atoms with Gasteiger partial charge in [-0.2, -0.15) is 0 Å². The Hall–Kier alpha value is -1.04. The smallest absolute Gasteiger partial charge is 0.225 e. The van der Waals surface area contributed by atoms with Gasteiger partial charge >= 0.3 is 0 Å². The molecule has 0 fully saturated rings. The highest BCUT2D eigenvalue weighted by molar-refractivity contribution is 9.08. The molecule has 0 aromatic heterocycles. The zero-order chi connectivity index (χ0) is 15.0. The average molecular weight is 379 g/mol. The average Bonchev–Trinajstić information content (AvgIpc) is 2.48. The van der Waals surface area contributed by atoms with E-state index in [1.807, 2.05) is 43.3 Å². The topological polar surface area (TPSA) is 34.1 Å². The van der Waals surface area contributed by atoms with E-state index in [0.717, 1.165) is 44.4 Å². The van der Waals surface area contributed by atoms with Gasteiger partial charge in [0.25, 0.3) is 0 Å². The molecule has 2 aromatic rings. The first kappa shape index (κ1) is 14.9. The number of alkyl halides is 1. The van der Waals surface area contributed by atoms with Gasteiger partial charge in [0.1, 0.15) is 0 Å². The van der Waals surface area contributed by atoms with E-state index in [2.05, 4.69) is 15.9 Å². The van der Waals surface area contributed by atoms with E-state index in [1.54, 1.807) is 0 Å². The third kappa shape index (κ3) is 2.96. The largest absolute Gasteiger partial charge is 0.281 e. The van der Waals surface area contributed by atoms with Gasteiger partial charge in [-0.1, -0.05) is 33.6 Å². The summed E-state index contributed by atoms with van der Waals surface area (Å²) in [6.07, 6.45) is 0. The monoisotopic (exact) mass is 378 g/mol. The number of hydrogen-bond donors (Lipinski definition) is 0. The van der Waals surface area contributed by atoms with Gasteiger partial charge in [0.2, 0.25) is 10.2 Å². The first-order valence-corrected chi connectivity index (χ1v) is 9.08. The number of aryl methyl sites for hydroxylation is 1. The van der Waals surface area contributed by atoms with Crippen LogP contribution in [-0.4, -0.2) is 10.2 Å². The highest BCUT2D eigenvalue weighted by Crippen LogP contribution is 2.38. The Morgan fingerprint density at radius 1 is 0.905 bits per heavy atom. The summed E-state index contributed by atoms with van der Waals surface area (Å²) >= 11 is 5.66. The van der Waals surface area contributed by atoms with Gasteiger partial charge in [-0.25, -0.2) is 0 Å². The highest BCUT2D eigenvalue weighted by atomic mass is 79.9. The van der Waals surface area contributed by atoms with Gasteiger partial charge in [-0.15, -0.1) is 0 Å². The lowest BCUT2D eigenvalue weighted by molar-refractivity contribution is 0.108. The molecule has 0 bridgehead atoms. The van der Waals surface area contributed by atoms with Crippen LogP contribution in [0.15, 0.2) is 46.2 Å². The van der Waals surface area contributed by atoms with Gasteiger partial charge in [-0.05, 0) is 60.3 Å². The van der Waals surface area contributed by atoms with E-state index in [-0.39, 0.29) is 10.2 Å². The summed E-state index contributed by atoms with van der Waals surface area (Å²) in [5.41, 5.74) is 3.28. The van der Waals surface area contributed by atoms with Crippen LogP contribution in [0.5, 0.6) is 0 Å². The maximum atomic E-state index is 12.5. The number of halogens is 1. The zero-order valence-electron chi connectivity index (χ0n) is 11.2. The predicted molar refractivity (Wildman–Crippen MR) is 90.6 cm³/mol. The molecule has 0 radical (unpaired) electrons. The number of carbonyl (C=O) groups excluding carboxylic acids is 2. The summed E-state index contributed by atoms with van der Waals surface area (Å²) in [5.74, 6) is 0. The second-order valence-electron chi connectivity index (χ2n) is 4.74. The lowest BCUT2D eigenvalue weighted by atomic mass is 10.1. The van der Waals surface area contributed by atoms with Crippen LogP contribution in [0.4, 0.5) is 0 Å². The van der Waals surface area contributed by atoms with Crippen molar-refractivity contribution >= 4 is 49.7 Å². The normalized spacial score (nSPS) is 14.2. The molecule has 0 amide bonds. The minimum atomic E-state index is -0.0158. The van der Waals surface area contributed by atoms with Gasteiger partial charge in [0, 0.05) is 26.2 Å². The first-order chi connectivity index (χ1) is 10.1. The molecule has 0 atom stereocenters. The molecule has 1 aliphatic rings. The van der Waals surface area contributed by atoms with Crippen molar-refractivity contribution in [1.29, 1.82) is 0 Å². The number of benzene rings is 2. The summed E-state index contributed by atoms with van der Waals surface area (Å²) in [6.45, 7) is 1.94. The fourth-order valence-corrected chi connectivity index (χ4v) is 4.34. The molecule has 0 saturated carbocycles. The summed E-state index contributed by atoms with van der Waals surface area (Å²) in [5, 5.41) is 0.659. The molecule has 106 valence electrons. The molecule has 0 aliphatic carbocycles. The molecule has 0 saturated heterocycles. The molecule has 21 heavy (non-hydrogen) atoms. The Balaban J connectivity index is 2.12. The van der Waals surface area contributed by atoms with Crippen molar-refractivity contribution < 1.29 is 9.59 Å². The highest BCUT2D eigenvalue weighted by Gasteiger charge is 2.24. The molecule has 3 rings (SSSR count). The Morgan fingerprint density at radius 2 is 1.48 bits per heavy atom. The molecule has 2 aromatic carbocycles. The summed E-state index contributed by atoms with van der Waals surface area (Å²) < 4.78 is 0. The lowest BCUT2D eigenvalue weighted by Crippen LogP contribution is -2.06. The second kappa shape index (κ2) is 5.99. The van der Waals surface area contributed by atoms with Gasteiger partial charge in [0.15, 0.2) is 0 Å². The second-order valence-corrected chi connectivity index (χ2v) is 7.33. The van der Waals surface area contributed by atoms with Gasteiger partial charge in [0.05, 0.1) is 0 Å². The number of carbonyl (C=O) groups is 2. The van der Waals surface area contributed by atoms with Crippen molar-refractivity contribution in [2.24, 2.45) is 0 Å². The molecule has 2 nitrogen and oxygen atoms in total. The number of hydrogen-bond acceptors (Lipinski definition) is 4. The van der Waals surface area contributed by atoms with Crippen LogP contribution in [-0.2, 0) is 5.33 Å². The predicted octanol–water partition coefficient (Wildman–Crippen LogP) is 5.07. The molecule has 1 heterocycles. The molecule has 5 heteroatoms. The fraction of sp³-hybridized carbons (Fsp3) is 0.125. The molecule has 0 N–H and O–H groups in total. The summed E-state index contributed by atoms with van der Waals surface area (Å²) in [6, 6.07) is 11.3. The van der Waals surface area contributed by atoms with Crippen LogP contribution >= 0.6 is 39.5 Å². The summed E-state index contributed by atoms with van der Waals surface area (Å²) in [7, 11) is 0. The molecular formula is C16H11BrO2S2. The van der Waals surface area contributed by atoms with E-state index in [9.17, 15) is 9.59 Å². The van der Waals surface area contributed by atoms with Crippen molar-refractivity contribution in [1.82, 2.24) is 0 Å². The SMILES string of the molecule is Cc1ccc2c(c1)C(=O)Sc1ccc(CBr)cc1C(=O)S2. The van der Waals surface area contributed by atoms with E-state index < -0.39 is 0 Å². The Morgan fingerprint density at radius 3 is 2.10 bits per heavy atom. The Labute approximate surface area is 139 Å². The lowest BCUT2D eigenvalue weighted by Gasteiger charge is -2.15. The van der Waals surface area contributed by atoms with Crippen LogP contribution in [0, 0.1) is 6.92 Å². The number of rotatable bonds is 1. The molecular weight excluding hydrogens is 368 g/mol. The van der Waals surface area contributed by atoms with Crippen LogP contribution in [0.3, 0.4) is 0 Å². The first-order valence-electron chi connectivity index (χ1n) is 6.32. The Bertz CT molecular complexity index is 756. The number of thioether (sulfide) groups is 2. The Kier molecular flexibility index (Phi) is 4.24. The quantitative estimate of drug-likeness (QED) is 0.648. The standard InChI is InChI=1S/C16H11BrO2S2/c1-9-2-4-13-11(6-9)15(18)21-14-5-3-10(8-17)7-12(14)16(19)20-13/h2-7H,8H2,1H3. The van der Waals surface area contributed by atoms with E-state index in [1.165, 1.54) is 0 Å². The van der Waals surface area contributed by atoms with E-state index in [0.29, 0.717) is 16.5 Å². The van der Waals surface area contributed by atoms with Gasteiger partial charge < -0.3 is 0 Å². The molecule has 1 aliphatic heterocycles. The maximum Gasteiger partial charge on any atom is 0.225 e. The van der Waals surface area contributed by atoms with Crippen LogP contribution in [0.25, 0.3) is 0 Å². The van der Waals surface area contributed by atoms with E-state index >= 15 is 0 Å². The third-order valence-corrected chi connectivity index (χ3v) is 5.79. The van der Waals surface area contributed by atoms with Crippen LogP contribution in [0.1, 0.15) is 31.8 Å². The summed E-state index contributed by atoms with van der Waals surface area (Å²) in [4.78, 5) is 26.4. The zero-order valence-corrected chi connectivity index (χ0v) is 14.4. The van der Waals surface area contributed by atoms with Crippen molar-refractivity contribution in [2.45, 2.75) is 22.0 Å². The minimum absolute atomic E-state index is 0.0125. The van der Waals surface area contributed by atoms with Crippen molar-refractivity contribution in [3.05, 3.63) is 58.7 Å². The van der Waals surface area contributed by atoms with Crippen molar-refractivity contribution in [3.8, 4) is 0 Å². The van der Waals surface area contributed by atoms with Crippen molar-refractivity contribution in [3.63, 3.8) is 0 Å². The maximum absolute atomic E-state index is 12.5. The van der Waals surface area contributed by atoms with Crippen molar-refractivity contribution in [2.75, 3.05) is 0 Å². The van der Waals surface area contributed by atoms with Gasteiger partial charge in [-0.3, -0.25) is 9.59 Å². The molecule has 0 spiro atoms. The number of fused-ring (bicyclic) bond motifs is 2.